The first-order valence-electron chi connectivity index (χ1n) is 6.86. The van der Waals surface area contributed by atoms with Crippen LogP contribution in [0.3, 0.4) is 0 Å². The van der Waals surface area contributed by atoms with Crippen LogP contribution in [-0.2, 0) is 9.59 Å². The molecule has 116 valence electrons. The fourth-order valence-corrected chi connectivity index (χ4v) is 3.01. The highest BCUT2D eigenvalue weighted by atomic mass is 127. The molecule has 0 bridgehead atoms. The summed E-state index contributed by atoms with van der Waals surface area (Å²) in [5, 5.41) is 1.25. The van der Waals surface area contributed by atoms with Gasteiger partial charge in [-0.05, 0) is 58.5 Å². The van der Waals surface area contributed by atoms with Gasteiger partial charge in [0.15, 0.2) is 0 Å². The van der Waals surface area contributed by atoms with Gasteiger partial charge in [-0.25, -0.2) is 5.01 Å². The zero-order valence-corrected chi connectivity index (χ0v) is 14.4. The molecule has 0 radical (unpaired) electrons. The van der Waals surface area contributed by atoms with Crippen LogP contribution in [0.5, 0.6) is 5.75 Å². The van der Waals surface area contributed by atoms with Crippen LogP contribution in [0.25, 0.3) is 6.08 Å². The highest BCUT2D eigenvalue weighted by Crippen LogP contribution is 2.25. The number of hydrazine groups is 1. The normalized spacial score (nSPS) is 15.9. The number of halogens is 1. The number of rotatable bonds is 3. The SMILES string of the molecule is COc1ccc(/C=C2/C(=O)NN(c3ccccc3)C2=O)cc1I. The summed E-state index contributed by atoms with van der Waals surface area (Å²) in [5.74, 6) is -0.0300. The zero-order valence-electron chi connectivity index (χ0n) is 12.2. The molecule has 0 atom stereocenters. The molecule has 0 aliphatic carbocycles. The largest absolute Gasteiger partial charge is 0.496 e. The zero-order chi connectivity index (χ0) is 16.4. The van der Waals surface area contributed by atoms with Crippen molar-refractivity contribution in [3.8, 4) is 5.75 Å². The molecule has 0 aromatic heterocycles. The average molecular weight is 420 g/mol. The van der Waals surface area contributed by atoms with Gasteiger partial charge in [0.05, 0.1) is 16.4 Å². The van der Waals surface area contributed by atoms with Gasteiger partial charge in [-0.2, -0.15) is 0 Å². The summed E-state index contributed by atoms with van der Waals surface area (Å²) in [5.41, 5.74) is 4.07. The molecule has 6 heteroatoms. The summed E-state index contributed by atoms with van der Waals surface area (Å²) in [7, 11) is 1.60. The van der Waals surface area contributed by atoms with Gasteiger partial charge in [0.1, 0.15) is 11.3 Å². The molecular weight excluding hydrogens is 407 g/mol. The van der Waals surface area contributed by atoms with Crippen LogP contribution in [0.1, 0.15) is 5.56 Å². The Hall–Kier alpha value is -2.35. The Bertz CT molecular complexity index is 803. The maximum atomic E-state index is 12.5. The minimum atomic E-state index is -0.412. The third kappa shape index (κ3) is 3.07. The van der Waals surface area contributed by atoms with Crippen LogP contribution in [0.2, 0.25) is 0 Å². The predicted octanol–water partition coefficient (Wildman–Crippen LogP) is 2.76. The van der Waals surface area contributed by atoms with E-state index in [1.54, 1.807) is 37.5 Å². The standard InChI is InChI=1S/C17H13IN2O3/c1-23-15-8-7-11(10-14(15)18)9-13-16(21)19-20(17(13)22)12-5-3-2-4-6-12/h2-10H,1H3,(H,19,21)/b13-9-. The summed E-state index contributed by atoms with van der Waals surface area (Å²) in [6.45, 7) is 0. The van der Waals surface area contributed by atoms with Crippen LogP contribution in [-0.4, -0.2) is 18.9 Å². The van der Waals surface area contributed by atoms with Crippen molar-refractivity contribution in [3.05, 3.63) is 63.2 Å². The lowest BCUT2D eigenvalue weighted by Gasteiger charge is -2.13. The monoisotopic (exact) mass is 420 g/mol. The molecule has 0 spiro atoms. The molecule has 3 rings (SSSR count). The molecule has 2 aromatic carbocycles. The Morgan fingerprint density at radius 2 is 1.87 bits per heavy atom. The molecule has 2 aromatic rings. The van der Waals surface area contributed by atoms with Gasteiger partial charge in [0.2, 0.25) is 0 Å². The van der Waals surface area contributed by atoms with E-state index in [9.17, 15) is 9.59 Å². The van der Waals surface area contributed by atoms with E-state index in [0.29, 0.717) is 5.69 Å². The van der Waals surface area contributed by atoms with Crippen LogP contribution in [0, 0.1) is 3.57 Å². The number of carbonyl (C=O) groups excluding carboxylic acids is 2. The Morgan fingerprint density at radius 1 is 1.13 bits per heavy atom. The Morgan fingerprint density at radius 3 is 2.52 bits per heavy atom. The van der Waals surface area contributed by atoms with Crippen molar-refractivity contribution in [1.29, 1.82) is 0 Å². The van der Waals surface area contributed by atoms with Gasteiger partial charge in [-0.15, -0.1) is 0 Å². The lowest BCUT2D eigenvalue weighted by atomic mass is 10.1. The number of nitrogens with zero attached hydrogens (tertiary/aromatic N) is 1. The number of carbonyl (C=O) groups is 2. The van der Waals surface area contributed by atoms with E-state index in [-0.39, 0.29) is 11.5 Å². The van der Waals surface area contributed by atoms with Gasteiger partial charge in [-0.3, -0.25) is 15.0 Å². The number of amides is 2. The van der Waals surface area contributed by atoms with E-state index in [4.69, 9.17) is 4.74 Å². The topological polar surface area (TPSA) is 58.6 Å². The number of benzene rings is 2. The average Bonchev–Trinajstić information content (AvgIpc) is 2.84. The second kappa shape index (κ2) is 6.41. The van der Waals surface area contributed by atoms with Gasteiger partial charge in [0, 0.05) is 0 Å². The number of nitrogens with one attached hydrogen (secondary N) is 1. The second-order valence-corrected chi connectivity index (χ2v) is 6.03. The molecule has 2 amide bonds. The molecule has 0 unspecified atom stereocenters. The number of hydrogen-bond donors (Lipinski definition) is 1. The van der Waals surface area contributed by atoms with Crippen molar-refractivity contribution in [2.75, 3.05) is 12.1 Å². The minimum absolute atomic E-state index is 0.106. The van der Waals surface area contributed by atoms with Crippen molar-refractivity contribution in [2.45, 2.75) is 0 Å². The summed E-state index contributed by atoms with van der Waals surface area (Å²) in [6, 6.07) is 14.5. The van der Waals surface area contributed by atoms with E-state index in [0.717, 1.165) is 14.9 Å². The highest BCUT2D eigenvalue weighted by Gasteiger charge is 2.34. The molecule has 1 heterocycles. The molecule has 0 saturated carbocycles. The predicted molar refractivity (Wildman–Crippen MR) is 95.8 cm³/mol. The molecule has 23 heavy (non-hydrogen) atoms. The molecular formula is C17H13IN2O3. The highest BCUT2D eigenvalue weighted by molar-refractivity contribution is 14.1. The molecule has 1 N–H and O–H groups in total. The summed E-state index contributed by atoms with van der Waals surface area (Å²) >= 11 is 2.15. The lowest BCUT2D eigenvalue weighted by molar-refractivity contribution is -0.117. The number of methoxy groups -OCH3 is 1. The van der Waals surface area contributed by atoms with Crippen molar-refractivity contribution in [3.63, 3.8) is 0 Å². The fraction of sp³-hybridized carbons (Fsp3) is 0.0588. The van der Waals surface area contributed by atoms with E-state index in [1.807, 2.05) is 24.3 Å². The van der Waals surface area contributed by atoms with Gasteiger partial charge < -0.3 is 4.74 Å². The first-order chi connectivity index (χ1) is 11.1. The molecule has 1 saturated heterocycles. The summed E-state index contributed by atoms with van der Waals surface area (Å²) in [6.07, 6.45) is 1.59. The van der Waals surface area contributed by atoms with Crippen LogP contribution >= 0.6 is 22.6 Å². The maximum absolute atomic E-state index is 12.5. The lowest BCUT2D eigenvalue weighted by Crippen LogP contribution is -2.35. The number of para-hydroxylation sites is 1. The molecule has 1 fully saturated rings. The second-order valence-electron chi connectivity index (χ2n) is 4.87. The summed E-state index contributed by atoms with van der Waals surface area (Å²) in [4.78, 5) is 24.6. The first kappa shape index (κ1) is 15.5. The Labute approximate surface area is 147 Å². The van der Waals surface area contributed by atoms with E-state index in [1.165, 1.54) is 5.01 Å². The number of ether oxygens (including phenoxy) is 1. The van der Waals surface area contributed by atoms with Gasteiger partial charge in [-0.1, -0.05) is 24.3 Å². The number of hydrogen-bond acceptors (Lipinski definition) is 3. The van der Waals surface area contributed by atoms with Crippen LogP contribution < -0.4 is 15.2 Å². The van der Waals surface area contributed by atoms with Crippen molar-refractivity contribution >= 4 is 46.2 Å². The fourth-order valence-electron chi connectivity index (χ4n) is 2.26. The summed E-state index contributed by atoms with van der Waals surface area (Å²) < 4.78 is 6.11. The quantitative estimate of drug-likeness (QED) is 0.472. The molecule has 1 aliphatic rings. The van der Waals surface area contributed by atoms with Gasteiger partial charge >= 0.3 is 0 Å². The Kier molecular flexibility index (Phi) is 4.33. The minimum Gasteiger partial charge on any atom is -0.496 e. The third-order valence-corrected chi connectivity index (χ3v) is 4.24. The van der Waals surface area contributed by atoms with E-state index >= 15 is 0 Å². The van der Waals surface area contributed by atoms with Crippen molar-refractivity contribution in [2.24, 2.45) is 0 Å². The van der Waals surface area contributed by atoms with Crippen molar-refractivity contribution < 1.29 is 14.3 Å². The van der Waals surface area contributed by atoms with E-state index < -0.39 is 5.91 Å². The third-order valence-electron chi connectivity index (χ3n) is 3.39. The van der Waals surface area contributed by atoms with E-state index in [2.05, 4.69) is 28.0 Å². The number of anilines is 1. The van der Waals surface area contributed by atoms with Crippen molar-refractivity contribution in [1.82, 2.24) is 5.43 Å². The van der Waals surface area contributed by atoms with Crippen LogP contribution in [0.15, 0.2) is 54.1 Å². The van der Waals surface area contributed by atoms with Crippen LogP contribution in [0.4, 0.5) is 5.69 Å². The molecule has 1 aliphatic heterocycles. The Balaban J connectivity index is 1.92. The first-order valence-corrected chi connectivity index (χ1v) is 7.94. The molecule has 5 nitrogen and oxygen atoms in total. The smallest absolute Gasteiger partial charge is 0.282 e. The van der Waals surface area contributed by atoms with Gasteiger partial charge in [0.25, 0.3) is 11.8 Å². The maximum Gasteiger partial charge on any atom is 0.282 e.